The molecule has 1 rings (SSSR count). The maximum absolute atomic E-state index is 10.9. The summed E-state index contributed by atoms with van der Waals surface area (Å²) in [5.74, 6) is 0. The van der Waals surface area contributed by atoms with Gasteiger partial charge in [-0.15, -0.1) is 0 Å². The van der Waals surface area contributed by atoms with E-state index in [1.165, 1.54) is 7.11 Å². The Balaban J connectivity index is 2.65. The topological polar surface area (TPSA) is 38.3 Å². The zero-order valence-electron chi connectivity index (χ0n) is 8.08. The second-order valence-electron chi connectivity index (χ2n) is 2.91. The third-order valence-corrected chi connectivity index (χ3v) is 2.42. The molecule has 0 bridgehead atoms. The Bertz CT molecular complexity index is 310. The zero-order valence-corrected chi connectivity index (χ0v) is 9.67. The summed E-state index contributed by atoms with van der Waals surface area (Å²) in [7, 11) is 1.35. The Kier molecular flexibility index (Phi) is 3.95. The van der Waals surface area contributed by atoms with Gasteiger partial charge >= 0.3 is 6.09 Å². The van der Waals surface area contributed by atoms with Crippen LogP contribution in [0.3, 0.4) is 0 Å². The molecule has 0 saturated carbocycles. The molecule has 3 nitrogen and oxygen atoms in total. The van der Waals surface area contributed by atoms with Crippen molar-refractivity contribution in [2.24, 2.45) is 0 Å². The molecule has 1 amide bonds. The molecule has 0 heterocycles. The Morgan fingerprint density at radius 2 is 2.00 bits per heavy atom. The smallest absolute Gasteiger partial charge is 0.407 e. The van der Waals surface area contributed by atoms with E-state index in [9.17, 15) is 4.79 Å². The van der Waals surface area contributed by atoms with Crippen LogP contribution in [-0.4, -0.2) is 13.2 Å². The standard InChI is InChI=1S/C10H12BrNO2/c1-7(12-10(13)14-2)8-3-5-9(11)6-4-8/h3-7H,1-2H3,(H,12,13)/t7-/m0/s1. The molecule has 0 aromatic heterocycles. The van der Waals surface area contributed by atoms with E-state index in [0.29, 0.717) is 0 Å². The first-order valence-electron chi connectivity index (χ1n) is 4.23. The van der Waals surface area contributed by atoms with Crippen molar-refractivity contribution in [1.82, 2.24) is 5.32 Å². The molecule has 14 heavy (non-hydrogen) atoms. The van der Waals surface area contributed by atoms with Crippen LogP contribution in [0.1, 0.15) is 18.5 Å². The van der Waals surface area contributed by atoms with Crippen molar-refractivity contribution in [3.8, 4) is 0 Å². The molecule has 1 aromatic rings. The van der Waals surface area contributed by atoms with E-state index in [0.717, 1.165) is 10.0 Å². The number of benzene rings is 1. The summed E-state index contributed by atoms with van der Waals surface area (Å²) >= 11 is 3.35. The number of rotatable bonds is 2. The molecule has 0 saturated heterocycles. The zero-order chi connectivity index (χ0) is 10.6. The number of nitrogens with one attached hydrogen (secondary N) is 1. The van der Waals surface area contributed by atoms with Crippen molar-refractivity contribution >= 4 is 22.0 Å². The van der Waals surface area contributed by atoms with Gasteiger partial charge in [-0.1, -0.05) is 28.1 Å². The molecule has 76 valence electrons. The van der Waals surface area contributed by atoms with Crippen LogP contribution < -0.4 is 5.32 Å². The van der Waals surface area contributed by atoms with Gasteiger partial charge in [-0.05, 0) is 24.6 Å². The lowest BCUT2D eigenvalue weighted by atomic mass is 10.1. The molecule has 0 aliphatic rings. The third-order valence-electron chi connectivity index (χ3n) is 1.89. The van der Waals surface area contributed by atoms with E-state index in [2.05, 4.69) is 26.0 Å². The number of amides is 1. The lowest BCUT2D eigenvalue weighted by molar-refractivity contribution is 0.167. The van der Waals surface area contributed by atoms with Gasteiger partial charge in [0.1, 0.15) is 0 Å². The Morgan fingerprint density at radius 3 is 2.50 bits per heavy atom. The summed E-state index contributed by atoms with van der Waals surface area (Å²) < 4.78 is 5.53. The highest BCUT2D eigenvalue weighted by molar-refractivity contribution is 9.10. The molecule has 0 aliphatic heterocycles. The highest BCUT2D eigenvalue weighted by Crippen LogP contribution is 2.16. The number of carbonyl (C=O) groups excluding carboxylic acids is 1. The predicted octanol–water partition coefficient (Wildman–Crippen LogP) is 2.87. The van der Waals surface area contributed by atoms with Gasteiger partial charge < -0.3 is 10.1 Å². The first-order valence-corrected chi connectivity index (χ1v) is 5.02. The summed E-state index contributed by atoms with van der Waals surface area (Å²) in [6.45, 7) is 1.90. The quantitative estimate of drug-likeness (QED) is 0.885. The molecule has 0 fully saturated rings. The number of carbonyl (C=O) groups is 1. The van der Waals surface area contributed by atoms with Gasteiger partial charge in [0.15, 0.2) is 0 Å². The van der Waals surface area contributed by atoms with Crippen LogP contribution in [0.25, 0.3) is 0 Å². The Morgan fingerprint density at radius 1 is 1.43 bits per heavy atom. The van der Waals surface area contributed by atoms with Crippen molar-refractivity contribution in [3.05, 3.63) is 34.3 Å². The van der Waals surface area contributed by atoms with Crippen LogP contribution in [0.5, 0.6) is 0 Å². The number of ether oxygens (including phenoxy) is 1. The van der Waals surface area contributed by atoms with Crippen molar-refractivity contribution < 1.29 is 9.53 Å². The molecule has 1 aromatic carbocycles. The van der Waals surface area contributed by atoms with Crippen LogP contribution in [0.4, 0.5) is 4.79 Å². The van der Waals surface area contributed by atoms with Crippen molar-refractivity contribution in [3.63, 3.8) is 0 Å². The molecular formula is C10H12BrNO2. The molecule has 0 spiro atoms. The van der Waals surface area contributed by atoms with E-state index in [1.54, 1.807) is 0 Å². The van der Waals surface area contributed by atoms with Gasteiger partial charge in [-0.2, -0.15) is 0 Å². The maximum Gasteiger partial charge on any atom is 0.407 e. The first kappa shape index (κ1) is 11.0. The fraction of sp³-hybridized carbons (Fsp3) is 0.300. The summed E-state index contributed by atoms with van der Waals surface area (Å²) in [5.41, 5.74) is 1.04. The van der Waals surface area contributed by atoms with Crippen LogP contribution in [-0.2, 0) is 4.74 Å². The molecule has 0 aliphatic carbocycles. The van der Waals surface area contributed by atoms with Crippen LogP contribution in [0, 0.1) is 0 Å². The minimum Gasteiger partial charge on any atom is -0.453 e. The van der Waals surface area contributed by atoms with Crippen LogP contribution in [0.15, 0.2) is 28.7 Å². The van der Waals surface area contributed by atoms with E-state index in [4.69, 9.17) is 0 Å². The highest BCUT2D eigenvalue weighted by atomic mass is 79.9. The Hall–Kier alpha value is -1.03. The predicted molar refractivity (Wildman–Crippen MR) is 58.1 cm³/mol. The second kappa shape index (κ2) is 5.00. The molecule has 0 unspecified atom stereocenters. The number of alkyl carbamates (subject to hydrolysis) is 1. The monoisotopic (exact) mass is 257 g/mol. The normalized spacial score (nSPS) is 11.9. The molecule has 0 radical (unpaired) electrons. The second-order valence-corrected chi connectivity index (χ2v) is 3.82. The fourth-order valence-corrected chi connectivity index (χ4v) is 1.33. The van der Waals surface area contributed by atoms with Gasteiger partial charge in [-0.3, -0.25) is 0 Å². The van der Waals surface area contributed by atoms with E-state index < -0.39 is 6.09 Å². The van der Waals surface area contributed by atoms with Gasteiger partial charge in [0.05, 0.1) is 13.2 Å². The minimum absolute atomic E-state index is 0.0458. The average Bonchev–Trinajstić information content (AvgIpc) is 2.18. The van der Waals surface area contributed by atoms with Crippen molar-refractivity contribution in [2.45, 2.75) is 13.0 Å². The van der Waals surface area contributed by atoms with E-state index in [1.807, 2.05) is 31.2 Å². The van der Waals surface area contributed by atoms with E-state index in [-0.39, 0.29) is 6.04 Å². The lowest BCUT2D eigenvalue weighted by Crippen LogP contribution is -2.26. The van der Waals surface area contributed by atoms with Crippen LogP contribution in [0.2, 0.25) is 0 Å². The van der Waals surface area contributed by atoms with Crippen molar-refractivity contribution in [1.29, 1.82) is 0 Å². The van der Waals surface area contributed by atoms with Gasteiger partial charge in [0.2, 0.25) is 0 Å². The Labute approximate surface area is 91.6 Å². The average molecular weight is 258 g/mol. The summed E-state index contributed by atoms with van der Waals surface area (Å²) in [5, 5.41) is 2.69. The van der Waals surface area contributed by atoms with Crippen molar-refractivity contribution in [2.75, 3.05) is 7.11 Å². The molecule has 4 heteroatoms. The largest absolute Gasteiger partial charge is 0.453 e. The minimum atomic E-state index is -0.416. The fourth-order valence-electron chi connectivity index (χ4n) is 1.07. The summed E-state index contributed by atoms with van der Waals surface area (Å²) in [4.78, 5) is 10.9. The maximum atomic E-state index is 10.9. The van der Waals surface area contributed by atoms with Crippen LogP contribution >= 0.6 is 15.9 Å². The third kappa shape index (κ3) is 3.03. The number of methoxy groups -OCH3 is 1. The number of halogens is 1. The highest BCUT2D eigenvalue weighted by Gasteiger charge is 2.08. The molecular weight excluding hydrogens is 246 g/mol. The lowest BCUT2D eigenvalue weighted by Gasteiger charge is -2.12. The van der Waals surface area contributed by atoms with Gasteiger partial charge in [-0.25, -0.2) is 4.79 Å². The summed E-state index contributed by atoms with van der Waals surface area (Å²) in [6.07, 6.45) is -0.416. The SMILES string of the molecule is COC(=O)N[C@@H](C)c1ccc(Br)cc1. The number of hydrogen-bond acceptors (Lipinski definition) is 2. The van der Waals surface area contributed by atoms with Gasteiger partial charge in [0, 0.05) is 4.47 Å². The number of hydrogen-bond donors (Lipinski definition) is 1. The first-order chi connectivity index (χ1) is 6.63. The molecule has 1 atom stereocenters. The van der Waals surface area contributed by atoms with Gasteiger partial charge in [0.25, 0.3) is 0 Å². The van der Waals surface area contributed by atoms with E-state index >= 15 is 0 Å². The summed E-state index contributed by atoms with van der Waals surface area (Å²) in [6, 6.07) is 7.72. The molecule has 1 N–H and O–H groups in total.